The number of aromatic carboxylic acids is 1. The maximum absolute atomic E-state index is 11.5. The lowest BCUT2D eigenvalue weighted by Crippen LogP contribution is -2.14. The lowest BCUT2D eigenvalue weighted by Gasteiger charge is -2.01. The Morgan fingerprint density at radius 3 is 2.71 bits per heavy atom. The first-order chi connectivity index (χ1) is 9.82. The minimum absolute atomic E-state index is 0.0300. The molecular formula is C12H13ClN2O4S2. The number of carboxylic acids is 1. The Labute approximate surface area is 130 Å². The van der Waals surface area contributed by atoms with Crippen LogP contribution in [0.25, 0.3) is 10.6 Å². The van der Waals surface area contributed by atoms with Crippen molar-refractivity contribution in [2.24, 2.45) is 0 Å². The largest absolute Gasteiger partial charge is 0.478 e. The highest BCUT2D eigenvalue weighted by Crippen LogP contribution is 2.32. The zero-order chi connectivity index (χ0) is 15.6. The van der Waals surface area contributed by atoms with Crippen molar-refractivity contribution in [3.05, 3.63) is 28.2 Å². The molecule has 6 nitrogen and oxygen atoms in total. The van der Waals surface area contributed by atoms with Gasteiger partial charge in [0.05, 0.1) is 21.5 Å². The van der Waals surface area contributed by atoms with E-state index < -0.39 is 15.8 Å². The lowest BCUT2D eigenvalue weighted by atomic mass is 10.2. The Hall–Kier alpha value is -1.38. The number of halogens is 1. The molecule has 0 aliphatic rings. The van der Waals surface area contributed by atoms with E-state index in [0.29, 0.717) is 14.9 Å². The van der Waals surface area contributed by atoms with Gasteiger partial charge in [0.25, 0.3) is 0 Å². The number of rotatable bonds is 6. The molecule has 114 valence electrons. The van der Waals surface area contributed by atoms with E-state index in [9.17, 15) is 18.3 Å². The molecule has 0 atom stereocenters. The number of nitrogens with zero attached hydrogens (tertiary/aromatic N) is 2. The zero-order valence-corrected chi connectivity index (χ0v) is 13.5. The van der Waals surface area contributed by atoms with Gasteiger partial charge in [-0.2, -0.15) is 5.10 Å². The third-order valence-electron chi connectivity index (χ3n) is 2.87. The average molecular weight is 349 g/mol. The maximum atomic E-state index is 11.5. The molecule has 0 aliphatic carbocycles. The molecule has 2 aromatic heterocycles. The molecule has 2 rings (SSSR count). The topological polar surface area (TPSA) is 89.3 Å². The van der Waals surface area contributed by atoms with Crippen LogP contribution in [0.15, 0.2) is 18.3 Å². The van der Waals surface area contributed by atoms with E-state index in [1.165, 1.54) is 22.2 Å². The number of carbonyl (C=O) groups is 1. The number of hydrogen-bond acceptors (Lipinski definition) is 5. The van der Waals surface area contributed by atoms with Crippen molar-refractivity contribution in [3.8, 4) is 10.6 Å². The molecule has 2 heterocycles. The SMILES string of the molecule is CCS(=O)(=O)CCn1cc(C(=O)O)c(-c2ccc(Cl)s2)n1. The van der Waals surface area contributed by atoms with Gasteiger partial charge in [-0.15, -0.1) is 11.3 Å². The van der Waals surface area contributed by atoms with E-state index in [1.54, 1.807) is 19.1 Å². The lowest BCUT2D eigenvalue weighted by molar-refractivity contribution is 0.0697. The van der Waals surface area contributed by atoms with Gasteiger partial charge in [0, 0.05) is 11.9 Å². The first-order valence-corrected chi connectivity index (χ1v) is 9.11. The molecule has 21 heavy (non-hydrogen) atoms. The van der Waals surface area contributed by atoms with E-state index in [0.717, 1.165) is 0 Å². The van der Waals surface area contributed by atoms with E-state index in [-0.39, 0.29) is 23.6 Å². The van der Waals surface area contributed by atoms with Crippen LogP contribution in [0.4, 0.5) is 0 Å². The Morgan fingerprint density at radius 2 is 2.19 bits per heavy atom. The molecule has 0 aromatic carbocycles. The zero-order valence-electron chi connectivity index (χ0n) is 11.1. The van der Waals surface area contributed by atoms with Crippen LogP contribution in [-0.4, -0.2) is 40.8 Å². The standard InChI is InChI=1S/C12H13ClN2O4S2/c1-2-21(18,19)6-5-15-7-8(12(16)17)11(14-15)9-3-4-10(13)20-9/h3-4,7H,2,5-6H2,1H3,(H,16,17). The van der Waals surface area contributed by atoms with E-state index in [2.05, 4.69) is 5.10 Å². The number of thiophene rings is 1. The molecule has 0 unspecified atom stereocenters. The van der Waals surface area contributed by atoms with E-state index in [1.807, 2.05) is 0 Å². The summed E-state index contributed by atoms with van der Waals surface area (Å²) < 4.78 is 24.9. The molecule has 0 radical (unpaired) electrons. The van der Waals surface area contributed by atoms with Gasteiger partial charge in [-0.05, 0) is 12.1 Å². The minimum Gasteiger partial charge on any atom is -0.478 e. The molecule has 0 bridgehead atoms. The summed E-state index contributed by atoms with van der Waals surface area (Å²) >= 11 is 7.07. The fraction of sp³-hybridized carbons (Fsp3) is 0.333. The second-order valence-corrected chi connectivity index (χ2v) is 8.49. The summed E-state index contributed by atoms with van der Waals surface area (Å²) in [6.07, 6.45) is 1.34. The fourth-order valence-corrected chi connectivity index (χ4v) is 3.49. The molecule has 0 saturated carbocycles. The monoisotopic (exact) mass is 348 g/mol. The summed E-state index contributed by atoms with van der Waals surface area (Å²) in [5, 5.41) is 13.4. The molecule has 0 aliphatic heterocycles. The number of aryl methyl sites for hydroxylation is 1. The average Bonchev–Trinajstić information content (AvgIpc) is 3.02. The van der Waals surface area contributed by atoms with Crippen molar-refractivity contribution in [1.29, 1.82) is 0 Å². The predicted molar refractivity (Wildman–Crippen MR) is 81.8 cm³/mol. The number of carboxylic acid groups (broad SMARTS) is 1. The Bertz CT molecular complexity index is 764. The maximum Gasteiger partial charge on any atom is 0.339 e. The quantitative estimate of drug-likeness (QED) is 0.865. The summed E-state index contributed by atoms with van der Waals surface area (Å²) in [5.41, 5.74) is 0.329. The van der Waals surface area contributed by atoms with Crippen molar-refractivity contribution >= 4 is 38.7 Å². The van der Waals surface area contributed by atoms with Gasteiger partial charge in [-0.3, -0.25) is 4.68 Å². The van der Waals surface area contributed by atoms with Gasteiger partial charge in [-0.25, -0.2) is 13.2 Å². The fourth-order valence-electron chi connectivity index (χ4n) is 1.69. The molecule has 0 fully saturated rings. The second kappa shape index (κ2) is 6.17. The molecule has 2 aromatic rings. The van der Waals surface area contributed by atoms with E-state index in [4.69, 9.17) is 11.6 Å². The van der Waals surface area contributed by atoms with Gasteiger partial charge >= 0.3 is 5.97 Å². The summed E-state index contributed by atoms with van der Waals surface area (Å²) in [5.74, 6) is -1.14. The highest BCUT2D eigenvalue weighted by molar-refractivity contribution is 7.91. The van der Waals surface area contributed by atoms with Crippen LogP contribution >= 0.6 is 22.9 Å². The van der Waals surface area contributed by atoms with Crippen LogP contribution in [0.1, 0.15) is 17.3 Å². The van der Waals surface area contributed by atoms with Crippen molar-refractivity contribution in [3.63, 3.8) is 0 Å². The summed E-state index contributed by atoms with van der Waals surface area (Å²) in [6.45, 7) is 1.69. The van der Waals surface area contributed by atoms with Crippen molar-refractivity contribution < 1.29 is 18.3 Å². The Morgan fingerprint density at radius 1 is 1.48 bits per heavy atom. The first-order valence-electron chi connectivity index (χ1n) is 6.09. The number of aromatic nitrogens is 2. The van der Waals surface area contributed by atoms with Gasteiger partial charge in [0.15, 0.2) is 9.84 Å². The number of sulfone groups is 1. The van der Waals surface area contributed by atoms with Crippen LogP contribution in [-0.2, 0) is 16.4 Å². The normalized spacial score (nSPS) is 11.7. The van der Waals surface area contributed by atoms with Crippen molar-refractivity contribution in [1.82, 2.24) is 9.78 Å². The third kappa shape index (κ3) is 3.84. The smallest absolute Gasteiger partial charge is 0.339 e. The van der Waals surface area contributed by atoms with Gasteiger partial charge < -0.3 is 5.11 Å². The van der Waals surface area contributed by atoms with Crippen LogP contribution in [0.5, 0.6) is 0 Å². The van der Waals surface area contributed by atoms with Crippen LogP contribution < -0.4 is 0 Å². The number of hydrogen-bond donors (Lipinski definition) is 1. The molecular weight excluding hydrogens is 336 g/mol. The van der Waals surface area contributed by atoms with Gasteiger partial charge in [0.1, 0.15) is 11.3 Å². The highest BCUT2D eigenvalue weighted by atomic mass is 35.5. The van der Waals surface area contributed by atoms with Crippen LogP contribution in [0.3, 0.4) is 0 Å². The van der Waals surface area contributed by atoms with Crippen LogP contribution in [0, 0.1) is 0 Å². The summed E-state index contributed by atoms with van der Waals surface area (Å²) in [7, 11) is -3.13. The highest BCUT2D eigenvalue weighted by Gasteiger charge is 2.19. The first kappa shape index (κ1) is 16.0. The van der Waals surface area contributed by atoms with Crippen molar-refractivity contribution in [2.75, 3.05) is 11.5 Å². The summed E-state index contributed by atoms with van der Waals surface area (Å²) in [4.78, 5) is 11.9. The Balaban J connectivity index is 2.32. The molecule has 1 N–H and O–H groups in total. The molecule has 0 amide bonds. The van der Waals surface area contributed by atoms with Crippen LogP contribution in [0.2, 0.25) is 4.34 Å². The molecule has 9 heteroatoms. The predicted octanol–water partition coefficient (Wildman–Crippen LogP) is 2.40. The second-order valence-electron chi connectivity index (χ2n) is 4.30. The molecule has 0 spiro atoms. The van der Waals surface area contributed by atoms with E-state index >= 15 is 0 Å². The Kier molecular flexibility index (Phi) is 4.70. The third-order valence-corrected chi connectivity index (χ3v) is 5.79. The van der Waals surface area contributed by atoms with Gasteiger partial charge in [-0.1, -0.05) is 18.5 Å². The summed E-state index contributed by atoms with van der Waals surface area (Å²) in [6, 6.07) is 3.35. The van der Waals surface area contributed by atoms with Crippen molar-refractivity contribution in [2.45, 2.75) is 13.5 Å². The van der Waals surface area contributed by atoms with Gasteiger partial charge in [0.2, 0.25) is 0 Å². The minimum atomic E-state index is -3.13. The molecule has 0 saturated heterocycles.